The fraction of sp³-hybridized carbons (Fsp3) is 0.235. The van der Waals surface area contributed by atoms with Crippen LogP contribution in [0, 0.1) is 0 Å². The normalized spacial score (nSPS) is 11.4. The molecule has 2 amide bonds. The Morgan fingerprint density at radius 3 is 2.36 bits per heavy atom. The molecule has 2 N–H and O–H groups in total. The average Bonchev–Trinajstić information content (AvgIpc) is 3.07. The van der Waals surface area contributed by atoms with Gasteiger partial charge < -0.3 is 9.84 Å². The molecule has 1 aromatic heterocycles. The fourth-order valence-corrected chi connectivity index (χ4v) is 2.21. The molecule has 2 rings (SSSR count). The van der Waals surface area contributed by atoms with E-state index in [2.05, 4.69) is 5.43 Å². The molecule has 0 aliphatic carbocycles. The van der Waals surface area contributed by atoms with Gasteiger partial charge in [0.1, 0.15) is 12.6 Å². The number of aromatic nitrogens is 1. The van der Waals surface area contributed by atoms with Crippen molar-refractivity contribution in [1.29, 1.82) is 0 Å². The van der Waals surface area contributed by atoms with Gasteiger partial charge in [0.05, 0.1) is 0 Å². The first kappa shape index (κ1) is 18.1. The van der Waals surface area contributed by atoms with Crippen molar-refractivity contribution in [2.45, 2.75) is 19.5 Å². The predicted molar refractivity (Wildman–Crippen MR) is 89.2 cm³/mol. The number of ether oxygens (including phenoxy) is 1. The molecule has 1 unspecified atom stereocenters. The molecule has 1 heterocycles. The molecule has 0 radical (unpaired) electrons. The first-order valence-corrected chi connectivity index (χ1v) is 7.58. The Bertz CT molecular complexity index is 715. The third-order valence-corrected chi connectivity index (χ3v) is 3.41. The zero-order valence-corrected chi connectivity index (χ0v) is 13.7. The molecule has 1 aromatic carbocycles. The minimum Gasteiger partial charge on any atom is -0.465 e. The van der Waals surface area contributed by atoms with Gasteiger partial charge in [-0.1, -0.05) is 30.3 Å². The van der Waals surface area contributed by atoms with E-state index in [0.29, 0.717) is 5.56 Å². The van der Waals surface area contributed by atoms with Crippen molar-refractivity contribution in [3.05, 3.63) is 60.4 Å². The van der Waals surface area contributed by atoms with Crippen molar-refractivity contribution in [1.82, 2.24) is 9.58 Å². The van der Waals surface area contributed by atoms with Gasteiger partial charge in [-0.3, -0.25) is 24.6 Å². The Morgan fingerprint density at radius 2 is 1.80 bits per heavy atom. The molecule has 0 aliphatic heterocycles. The van der Waals surface area contributed by atoms with E-state index >= 15 is 0 Å². The summed E-state index contributed by atoms with van der Waals surface area (Å²) in [6.07, 6.45) is 1.91. The molecule has 0 saturated heterocycles. The van der Waals surface area contributed by atoms with E-state index in [1.807, 2.05) is 6.07 Å². The van der Waals surface area contributed by atoms with E-state index in [0.717, 1.165) is 4.90 Å². The van der Waals surface area contributed by atoms with Gasteiger partial charge in [0.15, 0.2) is 0 Å². The topological polar surface area (TPSA) is 101 Å². The van der Waals surface area contributed by atoms with Gasteiger partial charge in [-0.15, -0.1) is 0 Å². The zero-order valence-electron chi connectivity index (χ0n) is 13.7. The van der Waals surface area contributed by atoms with E-state index in [1.54, 1.807) is 48.8 Å². The summed E-state index contributed by atoms with van der Waals surface area (Å²) >= 11 is 0. The lowest BCUT2D eigenvalue weighted by molar-refractivity contribution is -0.144. The highest BCUT2D eigenvalue weighted by molar-refractivity contribution is 5.91. The molecule has 2 aromatic rings. The molecule has 25 heavy (non-hydrogen) atoms. The van der Waals surface area contributed by atoms with Crippen molar-refractivity contribution >= 4 is 18.0 Å². The van der Waals surface area contributed by atoms with Gasteiger partial charge in [0.2, 0.25) is 0 Å². The second-order valence-corrected chi connectivity index (χ2v) is 5.28. The number of amides is 2. The summed E-state index contributed by atoms with van der Waals surface area (Å²) in [6.45, 7) is 0.811. The second-order valence-electron chi connectivity index (χ2n) is 5.28. The van der Waals surface area contributed by atoms with Crippen LogP contribution in [0.4, 0.5) is 4.79 Å². The van der Waals surface area contributed by atoms with Gasteiger partial charge >= 0.3 is 12.1 Å². The molecule has 1 atom stereocenters. The Kier molecular flexibility index (Phi) is 6.16. The summed E-state index contributed by atoms with van der Waals surface area (Å²) in [7, 11) is 0. The number of esters is 1. The van der Waals surface area contributed by atoms with Crippen LogP contribution in [-0.4, -0.2) is 45.3 Å². The zero-order chi connectivity index (χ0) is 18.2. The molecular weight excluding hydrogens is 326 g/mol. The number of hydrogen-bond acceptors (Lipinski definition) is 4. The number of nitrogens with one attached hydrogen (secondary N) is 1. The maximum absolute atomic E-state index is 12.5. The van der Waals surface area contributed by atoms with Crippen LogP contribution in [0.1, 0.15) is 12.5 Å². The number of carboxylic acid groups (broad SMARTS) is 1. The number of carbonyl (C=O) groups excluding carboxylic acids is 2. The first-order chi connectivity index (χ1) is 12.0. The molecule has 0 bridgehead atoms. The van der Waals surface area contributed by atoms with Gasteiger partial charge in [-0.05, 0) is 17.7 Å². The van der Waals surface area contributed by atoms with E-state index in [1.165, 1.54) is 11.6 Å². The molecule has 0 aliphatic rings. The van der Waals surface area contributed by atoms with E-state index in [4.69, 9.17) is 4.74 Å². The minimum atomic E-state index is -1.29. The summed E-state index contributed by atoms with van der Waals surface area (Å²) in [5, 5.41) is 9.54. The predicted octanol–water partition coefficient (Wildman–Crippen LogP) is 1.67. The number of carbonyl (C=O) groups is 3. The Balaban J connectivity index is 2.20. The van der Waals surface area contributed by atoms with Crippen molar-refractivity contribution in [2.75, 3.05) is 12.0 Å². The third-order valence-electron chi connectivity index (χ3n) is 3.41. The van der Waals surface area contributed by atoms with Gasteiger partial charge in [0.25, 0.3) is 5.91 Å². The Hall–Kier alpha value is -3.29. The molecular formula is C17H19N3O5. The van der Waals surface area contributed by atoms with E-state index in [-0.39, 0.29) is 13.2 Å². The summed E-state index contributed by atoms with van der Waals surface area (Å²) in [5.41, 5.74) is 3.26. The van der Waals surface area contributed by atoms with Crippen LogP contribution in [0.3, 0.4) is 0 Å². The first-order valence-electron chi connectivity index (χ1n) is 7.58. The lowest BCUT2D eigenvalue weighted by atomic mass is 10.1. The van der Waals surface area contributed by atoms with E-state index in [9.17, 15) is 19.5 Å². The van der Waals surface area contributed by atoms with Crippen LogP contribution in [0.25, 0.3) is 0 Å². The van der Waals surface area contributed by atoms with Crippen LogP contribution < -0.4 is 5.43 Å². The monoisotopic (exact) mass is 345 g/mol. The number of nitrogens with zero attached hydrogens (tertiary/aromatic N) is 2. The van der Waals surface area contributed by atoms with Gasteiger partial charge in [-0.25, -0.2) is 4.79 Å². The Labute approximate surface area is 144 Å². The highest BCUT2D eigenvalue weighted by atomic mass is 16.5. The standard InChI is InChI=1S/C17H19N3O5/c1-13(21)25-12-15(16(22)18-19-9-5-6-10-19)20(17(23)24)11-14-7-3-2-4-8-14/h2-10,15H,11-12H2,1H3,(H,18,22)(H,23,24). The number of rotatable bonds is 7. The fourth-order valence-electron chi connectivity index (χ4n) is 2.21. The lowest BCUT2D eigenvalue weighted by Gasteiger charge is -2.28. The summed E-state index contributed by atoms with van der Waals surface area (Å²) in [4.78, 5) is 36.3. The molecule has 8 nitrogen and oxygen atoms in total. The van der Waals surface area contributed by atoms with Crippen LogP contribution in [0.5, 0.6) is 0 Å². The highest BCUT2D eigenvalue weighted by Gasteiger charge is 2.31. The summed E-state index contributed by atoms with van der Waals surface area (Å²) in [5.74, 6) is -1.19. The van der Waals surface area contributed by atoms with Gasteiger partial charge in [-0.2, -0.15) is 0 Å². The number of hydrogen-bond donors (Lipinski definition) is 2. The van der Waals surface area contributed by atoms with Crippen LogP contribution in [0.15, 0.2) is 54.9 Å². The maximum atomic E-state index is 12.5. The van der Waals surface area contributed by atoms with Crippen molar-refractivity contribution < 1.29 is 24.2 Å². The van der Waals surface area contributed by atoms with Crippen LogP contribution in [0.2, 0.25) is 0 Å². The van der Waals surface area contributed by atoms with Crippen molar-refractivity contribution in [3.8, 4) is 0 Å². The van der Waals surface area contributed by atoms with Crippen molar-refractivity contribution in [3.63, 3.8) is 0 Å². The molecule has 0 spiro atoms. The smallest absolute Gasteiger partial charge is 0.408 e. The maximum Gasteiger partial charge on any atom is 0.408 e. The molecule has 8 heteroatoms. The minimum absolute atomic E-state index is 0.0127. The van der Waals surface area contributed by atoms with Gasteiger partial charge in [0, 0.05) is 25.9 Å². The Morgan fingerprint density at radius 1 is 1.16 bits per heavy atom. The lowest BCUT2D eigenvalue weighted by Crippen LogP contribution is -2.50. The van der Waals surface area contributed by atoms with Crippen LogP contribution >= 0.6 is 0 Å². The highest BCUT2D eigenvalue weighted by Crippen LogP contribution is 2.11. The van der Waals surface area contributed by atoms with Crippen molar-refractivity contribution in [2.24, 2.45) is 0 Å². The van der Waals surface area contributed by atoms with E-state index < -0.39 is 24.0 Å². The SMILES string of the molecule is CC(=O)OCC(C(=O)Nn1cccc1)N(Cc1ccccc1)C(=O)O. The number of benzene rings is 1. The molecule has 0 fully saturated rings. The summed E-state index contributed by atoms with van der Waals surface area (Å²) in [6, 6.07) is 11.1. The third kappa shape index (κ3) is 5.38. The largest absolute Gasteiger partial charge is 0.465 e. The summed E-state index contributed by atoms with van der Waals surface area (Å²) < 4.78 is 6.29. The quantitative estimate of drug-likeness (QED) is 0.744. The molecule has 132 valence electrons. The molecule has 0 saturated carbocycles. The average molecular weight is 345 g/mol. The van der Waals surface area contributed by atoms with Crippen LogP contribution in [-0.2, 0) is 20.9 Å². The second kappa shape index (κ2) is 8.53.